The van der Waals surface area contributed by atoms with Gasteiger partial charge < -0.3 is 20.7 Å². The molecule has 2 amide bonds. The average Bonchev–Trinajstić information content (AvgIpc) is 2.99. The van der Waals surface area contributed by atoms with Crippen LogP contribution in [0.25, 0.3) is 0 Å². The van der Waals surface area contributed by atoms with E-state index in [4.69, 9.17) is 4.74 Å². The number of ether oxygens (including phenoxy) is 1. The molecule has 6 nitrogen and oxygen atoms in total. The zero-order chi connectivity index (χ0) is 15.9. The molecule has 1 atom stereocenters. The van der Waals surface area contributed by atoms with Crippen molar-refractivity contribution in [3.05, 3.63) is 18.2 Å². The van der Waals surface area contributed by atoms with Crippen molar-refractivity contribution < 1.29 is 14.3 Å². The van der Waals surface area contributed by atoms with Crippen molar-refractivity contribution in [3.63, 3.8) is 0 Å². The maximum atomic E-state index is 12.0. The molecule has 1 aromatic rings. The number of methoxy groups -OCH3 is 1. The molecule has 1 saturated heterocycles. The SMILES string of the molecule is COc1cc(NC(=O)CCC2CCNC2)ccc1NC(C)=O.Cl. The van der Waals surface area contributed by atoms with Crippen LogP contribution in [-0.2, 0) is 9.59 Å². The maximum absolute atomic E-state index is 12.0. The fourth-order valence-electron chi connectivity index (χ4n) is 2.58. The van der Waals surface area contributed by atoms with Crippen molar-refractivity contribution in [3.8, 4) is 5.75 Å². The molecule has 7 heteroatoms. The van der Waals surface area contributed by atoms with E-state index in [1.165, 1.54) is 14.0 Å². The highest BCUT2D eigenvalue weighted by Crippen LogP contribution is 2.28. The molecule has 0 saturated carbocycles. The third-order valence-corrected chi connectivity index (χ3v) is 3.74. The second kappa shape index (κ2) is 9.37. The number of nitrogens with one attached hydrogen (secondary N) is 3. The van der Waals surface area contributed by atoms with E-state index in [1.807, 2.05) is 0 Å². The Kier molecular flexibility index (Phi) is 7.85. The van der Waals surface area contributed by atoms with Gasteiger partial charge in [-0.05, 0) is 44.0 Å². The highest BCUT2D eigenvalue weighted by molar-refractivity contribution is 5.93. The van der Waals surface area contributed by atoms with E-state index in [-0.39, 0.29) is 24.2 Å². The van der Waals surface area contributed by atoms with Gasteiger partial charge in [-0.3, -0.25) is 9.59 Å². The quantitative estimate of drug-likeness (QED) is 0.742. The van der Waals surface area contributed by atoms with Crippen LogP contribution in [0.4, 0.5) is 11.4 Å². The zero-order valence-electron chi connectivity index (χ0n) is 13.5. The van der Waals surface area contributed by atoms with Crippen molar-refractivity contribution >= 4 is 35.6 Å². The second-order valence-corrected chi connectivity index (χ2v) is 5.54. The van der Waals surface area contributed by atoms with E-state index >= 15 is 0 Å². The summed E-state index contributed by atoms with van der Waals surface area (Å²) in [4.78, 5) is 23.1. The summed E-state index contributed by atoms with van der Waals surface area (Å²) in [5.74, 6) is 0.955. The zero-order valence-corrected chi connectivity index (χ0v) is 14.3. The first-order valence-electron chi connectivity index (χ1n) is 7.54. The number of carbonyl (C=O) groups is 2. The van der Waals surface area contributed by atoms with Gasteiger partial charge in [0.25, 0.3) is 0 Å². The van der Waals surface area contributed by atoms with Crippen molar-refractivity contribution in [2.45, 2.75) is 26.2 Å². The summed E-state index contributed by atoms with van der Waals surface area (Å²) in [6.07, 6.45) is 2.56. The number of hydrogen-bond donors (Lipinski definition) is 3. The first-order chi connectivity index (χ1) is 10.6. The van der Waals surface area contributed by atoms with E-state index in [2.05, 4.69) is 16.0 Å². The molecule has 0 radical (unpaired) electrons. The van der Waals surface area contributed by atoms with Crippen LogP contribution in [-0.4, -0.2) is 32.0 Å². The standard InChI is InChI=1S/C16H23N3O3.ClH/c1-11(20)18-14-5-4-13(9-15(14)22-2)19-16(21)6-3-12-7-8-17-10-12;/h4-5,9,12,17H,3,6-8,10H2,1-2H3,(H,18,20)(H,19,21);1H. The molecule has 1 unspecified atom stereocenters. The minimum absolute atomic E-state index is 0. The molecular formula is C16H24ClN3O3. The van der Waals surface area contributed by atoms with Gasteiger partial charge in [0.05, 0.1) is 12.8 Å². The van der Waals surface area contributed by atoms with Crippen LogP contribution in [0.15, 0.2) is 18.2 Å². The Labute approximate surface area is 142 Å². The highest BCUT2D eigenvalue weighted by atomic mass is 35.5. The van der Waals surface area contributed by atoms with E-state index in [0.29, 0.717) is 29.5 Å². The summed E-state index contributed by atoms with van der Waals surface area (Å²) < 4.78 is 5.24. The summed E-state index contributed by atoms with van der Waals surface area (Å²) in [5.41, 5.74) is 1.26. The van der Waals surface area contributed by atoms with Crippen LogP contribution in [0.5, 0.6) is 5.75 Å². The van der Waals surface area contributed by atoms with Crippen molar-refractivity contribution in [2.75, 3.05) is 30.8 Å². The topological polar surface area (TPSA) is 79.5 Å². The largest absolute Gasteiger partial charge is 0.494 e. The fourth-order valence-corrected chi connectivity index (χ4v) is 2.58. The first kappa shape index (κ1) is 19.3. The minimum Gasteiger partial charge on any atom is -0.494 e. The number of carbonyl (C=O) groups excluding carboxylic acids is 2. The predicted octanol–water partition coefficient (Wildman–Crippen LogP) is 2.40. The highest BCUT2D eigenvalue weighted by Gasteiger charge is 2.16. The number of hydrogen-bond acceptors (Lipinski definition) is 4. The van der Waals surface area contributed by atoms with Gasteiger partial charge >= 0.3 is 0 Å². The lowest BCUT2D eigenvalue weighted by Crippen LogP contribution is -2.15. The fraction of sp³-hybridized carbons (Fsp3) is 0.500. The summed E-state index contributed by atoms with van der Waals surface area (Å²) in [6, 6.07) is 5.18. The van der Waals surface area contributed by atoms with E-state index < -0.39 is 0 Å². The molecule has 3 N–H and O–H groups in total. The van der Waals surface area contributed by atoms with Crippen LogP contribution in [0.2, 0.25) is 0 Å². The third kappa shape index (κ3) is 6.08. The van der Waals surface area contributed by atoms with Crippen LogP contribution >= 0.6 is 12.4 Å². The summed E-state index contributed by atoms with van der Waals surface area (Å²) in [6.45, 7) is 3.49. The van der Waals surface area contributed by atoms with Crippen LogP contribution in [0, 0.1) is 5.92 Å². The molecule has 1 aliphatic heterocycles. The molecule has 1 heterocycles. The Bertz CT molecular complexity index is 545. The van der Waals surface area contributed by atoms with E-state index in [0.717, 1.165) is 25.9 Å². The van der Waals surface area contributed by atoms with Crippen molar-refractivity contribution in [2.24, 2.45) is 5.92 Å². The van der Waals surface area contributed by atoms with Gasteiger partial charge in [0.1, 0.15) is 5.75 Å². The molecule has 2 rings (SSSR count). The van der Waals surface area contributed by atoms with Crippen LogP contribution in [0.3, 0.4) is 0 Å². The molecule has 0 aliphatic carbocycles. The third-order valence-electron chi connectivity index (χ3n) is 3.74. The van der Waals surface area contributed by atoms with Crippen LogP contribution in [0.1, 0.15) is 26.2 Å². The predicted molar refractivity (Wildman–Crippen MR) is 93.4 cm³/mol. The molecule has 0 aromatic heterocycles. The average molecular weight is 342 g/mol. The molecule has 0 bridgehead atoms. The lowest BCUT2D eigenvalue weighted by Gasteiger charge is -2.12. The Morgan fingerprint density at radius 1 is 1.35 bits per heavy atom. The van der Waals surface area contributed by atoms with Gasteiger partial charge in [0.15, 0.2) is 0 Å². The molecule has 1 fully saturated rings. The van der Waals surface area contributed by atoms with Gasteiger partial charge in [-0.2, -0.15) is 0 Å². The molecule has 1 aliphatic rings. The Balaban J connectivity index is 0.00000264. The normalized spacial score (nSPS) is 16.3. The van der Waals surface area contributed by atoms with Gasteiger partial charge in [0.2, 0.25) is 11.8 Å². The monoisotopic (exact) mass is 341 g/mol. The Hall–Kier alpha value is -1.79. The number of anilines is 2. The van der Waals surface area contributed by atoms with Gasteiger partial charge in [-0.1, -0.05) is 0 Å². The van der Waals surface area contributed by atoms with E-state index in [9.17, 15) is 9.59 Å². The summed E-state index contributed by atoms with van der Waals surface area (Å²) >= 11 is 0. The summed E-state index contributed by atoms with van der Waals surface area (Å²) in [7, 11) is 1.53. The number of benzene rings is 1. The van der Waals surface area contributed by atoms with Gasteiger partial charge in [-0.25, -0.2) is 0 Å². The molecule has 128 valence electrons. The first-order valence-corrected chi connectivity index (χ1v) is 7.54. The lowest BCUT2D eigenvalue weighted by molar-refractivity contribution is -0.116. The summed E-state index contributed by atoms with van der Waals surface area (Å²) in [5, 5.41) is 8.85. The Morgan fingerprint density at radius 3 is 2.74 bits per heavy atom. The number of amides is 2. The number of halogens is 1. The molecule has 0 spiro atoms. The second-order valence-electron chi connectivity index (χ2n) is 5.54. The van der Waals surface area contributed by atoms with Crippen molar-refractivity contribution in [1.82, 2.24) is 5.32 Å². The van der Waals surface area contributed by atoms with Gasteiger partial charge in [0, 0.05) is 25.1 Å². The lowest BCUT2D eigenvalue weighted by atomic mass is 10.0. The minimum atomic E-state index is -0.166. The van der Waals surface area contributed by atoms with Crippen molar-refractivity contribution in [1.29, 1.82) is 0 Å². The molecular weight excluding hydrogens is 318 g/mol. The van der Waals surface area contributed by atoms with E-state index in [1.54, 1.807) is 18.2 Å². The van der Waals surface area contributed by atoms with Crippen LogP contribution < -0.4 is 20.7 Å². The Morgan fingerprint density at radius 2 is 2.13 bits per heavy atom. The molecule has 1 aromatic carbocycles. The number of rotatable bonds is 6. The van der Waals surface area contributed by atoms with Gasteiger partial charge in [-0.15, -0.1) is 12.4 Å². The molecule has 23 heavy (non-hydrogen) atoms. The maximum Gasteiger partial charge on any atom is 0.224 e. The smallest absolute Gasteiger partial charge is 0.224 e.